The van der Waals surface area contributed by atoms with E-state index in [0.717, 1.165) is 11.1 Å². The van der Waals surface area contributed by atoms with E-state index in [4.69, 9.17) is 15.2 Å². The minimum Gasteiger partial charge on any atom is -0.496 e. The van der Waals surface area contributed by atoms with Gasteiger partial charge in [-0.2, -0.15) is 0 Å². The molecule has 0 aliphatic rings. The lowest BCUT2D eigenvalue weighted by molar-refractivity contribution is -0.121. The maximum atomic E-state index is 11.8. The van der Waals surface area contributed by atoms with Gasteiger partial charge in [-0.1, -0.05) is 0 Å². The Morgan fingerprint density at radius 2 is 1.94 bits per heavy atom. The van der Waals surface area contributed by atoms with E-state index in [1.54, 1.807) is 27.3 Å². The first-order valence-electron chi connectivity index (χ1n) is 5.73. The van der Waals surface area contributed by atoms with E-state index >= 15 is 0 Å². The van der Waals surface area contributed by atoms with E-state index in [2.05, 4.69) is 5.32 Å². The Hall–Kier alpha value is -1.75. The van der Waals surface area contributed by atoms with Crippen LogP contribution in [0.4, 0.5) is 0 Å². The van der Waals surface area contributed by atoms with Crippen molar-refractivity contribution in [2.45, 2.75) is 12.8 Å². The van der Waals surface area contributed by atoms with Crippen LogP contribution in [0.1, 0.15) is 17.0 Å². The molecular weight excluding hydrogens is 232 g/mol. The molecule has 1 atom stereocenters. The van der Waals surface area contributed by atoms with Gasteiger partial charge in [0.2, 0.25) is 5.91 Å². The average molecular weight is 252 g/mol. The molecule has 0 bridgehead atoms. The van der Waals surface area contributed by atoms with Crippen LogP contribution in [0.3, 0.4) is 0 Å². The van der Waals surface area contributed by atoms with Gasteiger partial charge in [0, 0.05) is 19.2 Å². The number of hydrogen-bond acceptors (Lipinski definition) is 4. The van der Waals surface area contributed by atoms with Gasteiger partial charge in [0.15, 0.2) is 0 Å². The third-order valence-corrected chi connectivity index (χ3v) is 2.92. The first-order valence-corrected chi connectivity index (χ1v) is 5.73. The van der Waals surface area contributed by atoms with Crippen LogP contribution in [-0.4, -0.2) is 33.7 Å². The number of likely N-dealkylation sites (N-methyl/N-ethyl adjacent to an activating group) is 1. The molecule has 0 spiro atoms. The highest BCUT2D eigenvalue weighted by molar-refractivity contribution is 5.84. The molecule has 0 fully saturated rings. The molecule has 1 unspecified atom stereocenters. The minimum absolute atomic E-state index is 0.137. The molecule has 0 aromatic heterocycles. The number of ether oxygens (including phenoxy) is 2. The molecular formula is C13H20N2O3. The number of methoxy groups -OCH3 is 2. The van der Waals surface area contributed by atoms with Crippen molar-refractivity contribution in [3.63, 3.8) is 0 Å². The first-order chi connectivity index (χ1) is 8.58. The Labute approximate surface area is 107 Å². The fourth-order valence-electron chi connectivity index (χ4n) is 1.90. The van der Waals surface area contributed by atoms with Gasteiger partial charge in [0.1, 0.15) is 11.5 Å². The number of carbonyl (C=O) groups excluding carboxylic acids is 1. The van der Waals surface area contributed by atoms with Crippen molar-refractivity contribution in [1.82, 2.24) is 5.32 Å². The van der Waals surface area contributed by atoms with Crippen molar-refractivity contribution in [2.75, 3.05) is 27.8 Å². The average Bonchev–Trinajstić information content (AvgIpc) is 2.40. The standard InChI is InChI=1S/C13H20N2O3/c1-8-5-12(18-4)9(6-11(8)17-3)10(7-14)13(16)15-2/h5-6,10H,7,14H2,1-4H3,(H,15,16). The molecule has 0 aliphatic carbocycles. The number of nitrogens with two attached hydrogens (primary N) is 1. The van der Waals surface area contributed by atoms with Gasteiger partial charge in [0.05, 0.1) is 20.1 Å². The van der Waals surface area contributed by atoms with Crippen LogP contribution in [0.5, 0.6) is 11.5 Å². The van der Waals surface area contributed by atoms with Gasteiger partial charge in [-0.25, -0.2) is 0 Å². The van der Waals surface area contributed by atoms with E-state index in [1.807, 2.05) is 13.0 Å². The Morgan fingerprint density at radius 3 is 2.39 bits per heavy atom. The van der Waals surface area contributed by atoms with Gasteiger partial charge in [-0.15, -0.1) is 0 Å². The third kappa shape index (κ3) is 2.73. The molecule has 1 aromatic carbocycles. The second-order valence-corrected chi connectivity index (χ2v) is 3.97. The van der Waals surface area contributed by atoms with Crippen molar-refractivity contribution in [3.8, 4) is 11.5 Å². The molecule has 1 aromatic rings. The van der Waals surface area contributed by atoms with Gasteiger partial charge in [-0.3, -0.25) is 4.79 Å². The zero-order valence-corrected chi connectivity index (χ0v) is 11.2. The molecule has 0 heterocycles. The molecule has 3 N–H and O–H groups in total. The lowest BCUT2D eigenvalue weighted by atomic mass is 9.95. The molecule has 1 amide bonds. The maximum Gasteiger partial charge on any atom is 0.228 e. The van der Waals surface area contributed by atoms with E-state index in [-0.39, 0.29) is 12.5 Å². The number of nitrogens with one attached hydrogen (secondary N) is 1. The summed E-state index contributed by atoms with van der Waals surface area (Å²) < 4.78 is 10.6. The largest absolute Gasteiger partial charge is 0.496 e. The van der Waals surface area contributed by atoms with Crippen molar-refractivity contribution >= 4 is 5.91 Å². The number of hydrogen-bond donors (Lipinski definition) is 2. The smallest absolute Gasteiger partial charge is 0.228 e. The highest BCUT2D eigenvalue weighted by atomic mass is 16.5. The normalized spacial score (nSPS) is 11.8. The summed E-state index contributed by atoms with van der Waals surface area (Å²) >= 11 is 0. The van der Waals surface area contributed by atoms with Crippen molar-refractivity contribution in [3.05, 3.63) is 23.3 Å². The Morgan fingerprint density at radius 1 is 1.33 bits per heavy atom. The van der Waals surface area contributed by atoms with E-state index < -0.39 is 5.92 Å². The SMILES string of the molecule is CNC(=O)C(CN)c1cc(OC)c(C)cc1OC. The Bertz CT molecular complexity index is 432. The molecule has 18 heavy (non-hydrogen) atoms. The summed E-state index contributed by atoms with van der Waals surface area (Å²) in [5.41, 5.74) is 7.36. The number of amides is 1. The van der Waals surface area contributed by atoms with E-state index in [1.165, 1.54) is 0 Å². The second-order valence-electron chi connectivity index (χ2n) is 3.97. The first kappa shape index (κ1) is 14.3. The summed E-state index contributed by atoms with van der Waals surface area (Å²) in [6.07, 6.45) is 0. The van der Waals surface area contributed by atoms with Gasteiger partial charge < -0.3 is 20.5 Å². The summed E-state index contributed by atoms with van der Waals surface area (Å²) in [4.78, 5) is 11.8. The summed E-state index contributed by atoms with van der Waals surface area (Å²) in [6, 6.07) is 3.65. The third-order valence-electron chi connectivity index (χ3n) is 2.92. The second kappa shape index (κ2) is 6.26. The van der Waals surface area contributed by atoms with Crippen LogP contribution in [-0.2, 0) is 4.79 Å². The van der Waals surface area contributed by atoms with Crippen LogP contribution < -0.4 is 20.5 Å². The topological polar surface area (TPSA) is 73.6 Å². The number of carbonyl (C=O) groups is 1. The van der Waals surface area contributed by atoms with Gasteiger partial charge in [-0.05, 0) is 24.6 Å². The van der Waals surface area contributed by atoms with Gasteiger partial charge >= 0.3 is 0 Å². The zero-order chi connectivity index (χ0) is 13.7. The number of aryl methyl sites for hydroxylation is 1. The Kier molecular flexibility index (Phi) is 4.97. The van der Waals surface area contributed by atoms with Crippen LogP contribution >= 0.6 is 0 Å². The molecule has 1 rings (SSSR count). The summed E-state index contributed by atoms with van der Waals surface area (Å²) in [5.74, 6) is 0.779. The van der Waals surface area contributed by atoms with E-state index in [0.29, 0.717) is 11.5 Å². The molecule has 0 radical (unpaired) electrons. The van der Waals surface area contributed by atoms with Crippen molar-refractivity contribution in [2.24, 2.45) is 5.73 Å². The lowest BCUT2D eigenvalue weighted by Crippen LogP contribution is -2.31. The highest BCUT2D eigenvalue weighted by Crippen LogP contribution is 2.33. The summed E-state index contributed by atoms with van der Waals surface area (Å²) in [5, 5.41) is 2.60. The minimum atomic E-state index is -0.445. The number of rotatable bonds is 5. The fraction of sp³-hybridized carbons (Fsp3) is 0.462. The van der Waals surface area contributed by atoms with Crippen LogP contribution in [0, 0.1) is 6.92 Å². The molecule has 0 saturated heterocycles. The quantitative estimate of drug-likeness (QED) is 0.813. The van der Waals surface area contributed by atoms with Crippen LogP contribution in [0.15, 0.2) is 12.1 Å². The van der Waals surface area contributed by atoms with Crippen molar-refractivity contribution in [1.29, 1.82) is 0 Å². The molecule has 5 nitrogen and oxygen atoms in total. The maximum absolute atomic E-state index is 11.8. The number of benzene rings is 1. The van der Waals surface area contributed by atoms with Gasteiger partial charge in [0.25, 0.3) is 0 Å². The molecule has 0 saturated carbocycles. The predicted molar refractivity (Wildman–Crippen MR) is 70.1 cm³/mol. The van der Waals surface area contributed by atoms with E-state index in [9.17, 15) is 4.79 Å². The molecule has 100 valence electrons. The van der Waals surface area contributed by atoms with Crippen LogP contribution in [0.25, 0.3) is 0 Å². The highest BCUT2D eigenvalue weighted by Gasteiger charge is 2.23. The monoisotopic (exact) mass is 252 g/mol. The fourth-order valence-corrected chi connectivity index (χ4v) is 1.90. The summed E-state index contributed by atoms with van der Waals surface area (Å²) in [7, 11) is 4.75. The molecule has 5 heteroatoms. The van der Waals surface area contributed by atoms with Crippen LogP contribution in [0.2, 0.25) is 0 Å². The zero-order valence-electron chi connectivity index (χ0n) is 11.2. The predicted octanol–water partition coefficient (Wildman–Crippen LogP) is 0.801. The lowest BCUT2D eigenvalue weighted by Gasteiger charge is -2.19. The summed E-state index contributed by atoms with van der Waals surface area (Å²) in [6.45, 7) is 2.13. The molecule has 0 aliphatic heterocycles. The van der Waals surface area contributed by atoms with Crippen molar-refractivity contribution < 1.29 is 14.3 Å². The Balaban J connectivity index is 3.31.